The molecule has 0 radical (unpaired) electrons. The van der Waals surface area contributed by atoms with Crippen LogP contribution in [-0.2, 0) is 8.85 Å². The van der Waals surface area contributed by atoms with E-state index < -0.39 is 8.59 Å². The summed E-state index contributed by atoms with van der Waals surface area (Å²) in [6.45, 7) is 2.06. The van der Waals surface area contributed by atoms with Crippen LogP contribution in [-0.4, -0.2) is 29.5 Å². The van der Waals surface area contributed by atoms with Crippen LogP contribution in [0.2, 0.25) is 0 Å². The van der Waals surface area contributed by atoms with Gasteiger partial charge in [0.2, 0.25) is 0 Å². The Bertz CT molecular complexity index is 99.4. The Morgan fingerprint density at radius 3 is 1.80 bits per heavy atom. The standard InChI is InChI=1S/C8H17F.C2H7ClO2Si/c1-2-3-4-5-6-7-8-9;1-4-6(3)5-2/h2-8H2,1H3;6H,1-2H3. The quantitative estimate of drug-likeness (QED) is 0.377. The van der Waals surface area contributed by atoms with Crippen molar-refractivity contribution in [2.75, 3.05) is 20.9 Å². The molecule has 0 spiro atoms. The van der Waals surface area contributed by atoms with E-state index in [1.165, 1.54) is 39.9 Å². The maximum Gasteiger partial charge on any atom is 0.426 e. The largest absolute Gasteiger partial charge is 0.426 e. The van der Waals surface area contributed by atoms with Gasteiger partial charge in [-0.25, -0.2) is 0 Å². The van der Waals surface area contributed by atoms with Crippen molar-refractivity contribution in [3.8, 4) is 0 Å². The fourth-order valence-corrected chi connectivity index (χ4v) is 1.16. The smallest absolute Gasteiger partial charge is 0.389 e. The molecule has 0 aliphatic carbocycles. The van der Waals surface area contributed by atoms with Gasteiger partial charge in [0.25, 0.3) is 0 Å². The minimum atomic E-state index is -1.69. The van der Waals surface area contributed by atoms with Crippen molar-refractivity contribution in [3.63, 3.8) is 0 Å². The van der Waals surface area contributed by atoms with Crippen molar-refractivity contribution in [1.29, 1.82) is 0 Å². The predicted octanol–water partition coefficient (Wildman–Crippen LogP) is 3.55. The maximum absolute atomic E-state index is 11.5. The maximum atomic E-state index is 11.5. The number of halogens is 2. The molecule has 0 heterocycles. The Labute approximate surface area is 99.7 Å². The normalized spacial score (nSPS) is 10.0. The fraction of sp³-hybridized carbons (Fsp3) is 1.00. The lowest BCUT2D eigenvalue weighted by Crippen LogP contribution is -2.09. The summed E-state index contributed by atoms with van der Waals surface area (Å²) >= 11 is 5.34. The van der Waals surface area contributed by atoms with E-state index in [1.54, 1.807) is 0 Å². The number of alkyl halides is 1. The molecule has 0 fully saturated rings. The molecule has 0 saturated carbocycles. The zero-order valence-corrected chi connectivity index (χ0v) is 12.0. The monoisotopic (exact) mass is 258 g/mol. The Morgan fingerprint density at radius 2 is 1.47 bits per heavy atom. The third-order valence-electron chi connectivity index (χ3n) is 1.86. The van der Waals surface area contributed by atoms with Gasteiger partial charge in [-0.2, -0.15) is 0 Å². The van der Waals surface area contributed by atoms with Crippen LogP contribution in [0.3, 0.4) is 0 Å². The van der Waals surface area contributed by atoms with Gasteiger partial charge in [-0.15, -0.1) is 11.1 Å². The van der Waals surface area contributed by atoms with Crippen LogP contribution < -0.4 is 0 Å². The van der Waals surface area contributed by atoms with Crippen molar-refractivity contribution in [2.24, 2.45) is 0 Å². The van der Waals surface area contributed by atoms with E-state index in [4.69, 9.17) is 11.1 Å². The topological polar surface area (TPSA) is 18.5 Å². The van der Waals surface area contributed by atoms with Gasteiger partial charge in [0.05, 0.1) is 6.67 Å². The van der Waals surface area contributed by atoms with Crippen molar-refractivity contribution in [3.05, 3.63) is 0 Å². The highest BCUT2D eigenvalue weighted by Gasteiger charge is 1.98. The average Bonchev–Trinajstić information content (AvgIpc) is 2.29. The molecule has 0 aromatic carbocycles. The molecule has 0 rings (SSSR count). The molecule has 5 heteroatoms. The van der Waals surface area contributed by atoms with Crippen molar-refractivity contribution in [1.82, 2.24) is 0 Å². The van der Waals surface area contributed by atoms with Crippen LogP contribution in [0.25, 0.3) is 0 Å². The Hall–Kier alpha value is 0.357. The molecule has 0 N–H and O–H groups in total. The molecule has 0 aromatic rings. The summed E-state index contributed by atoms with van der Waals surface area (Å²) in [4.78, 5) is 0. The van der Waals surface area contributed by atoms with Crippen LogP contribution in [0, 0.1) is 0 Å². The van der Waals surface area contributed by atoms with E-state index in [2.05, 4.69) is 15.8 Å². The highest BCUT2D eigenvalue weighted by atomic mass is 35.6. The van der Waals surface area contributed by atoms with Crippen LogP contribution in [0.15, 0.2) is 0 Å². The van der Waals surface area contributed by atoms with Gasteiger partial charge in [0.15, 0.2) is 0 Å². The molecule has 0 aliphatic heterocycles. The highest BCUT2D eigenvalue weighted by molar-refractivity contribution is 6.99. The van der Waals surface area contributed by atoms with Gasteiger partial charge in [-0.1, -0.05) is 39.0 Å². The number of rotatable bonds is 8. The van der Waals surface area contributed by atoms with Gasteiger partial charge >= 0.3 is 8.59 Å². The van der Waals surface area contributed by atoms with Crippen LogP contribution in [0.4, 0.5) is 4.39 Å². The van der Waals surface area contributed by atoms with Crippen LogP contribution in [0.1, 0.15) is 45.4 Å². The second kappa shape index (κ2) is 16.8. The van der Waals surface area contributed by atoms with Crippen molar-refractivity contribution in [2.45, 2.75) is 45.4 Å². The third kappa shape index (κ3) is 20.4. The lowest BCUT2D eigenvalue weighted by molar-refractivity contribution is 0.299. The van der Waals surface area contributed by atoms with E-state index >= 15 is 0 Å². The van der Waals surface area contributed by atoms with E-state index in [1.807, 2.05) is 0 Å². The van der Waals surface area contributed by atoms with Gasteiger partial charge in [0.1, 0.15) is 0 Å². The summed E-state index contributed by atoms with van der Waals surface area (Å²) in [5.41, 5.74) is 0. The zero-order valence-electron chi connectivity index (χ0n) is 10.1. The summed E-state index contributed by atoms with van der Waals surface area (Å²) in [5, 5.41) is 0. The Morgan fingerprint density at radius 1 is 1.00 bits per heavy atom. The zero-order chi connectivity index (χ0) is 11.9. The molecule has 0 unspecified atom stereocenters. The first kappa shape index (κ1) is 17.7. The molecule has 0 bridgehead atoms. The first-order valence-corrected chi connectivity index (χ1v) is 8.17. The van der Waals surface area contributed by atoms with Gasteiger partial charge in [0, 0.05) is 14.2 Å². The lowest BCUT2D eigenvalue weighted by Gasteiger charge is -1.97. The third-order valence-corrected chi connectivity index (χ3v) is 3.67. The fourth-order valence-electron chi connectivity index (χ4n) is 0.971. The Balaban J connectivity index is 0. The Kier molecular flexibility index (Phi) is 19.8. The predicted molar refractivity (Wildman–Crippen MR) is 66.4 cm³/mol. The SMILES string of the molecule is CCCCCCCCF.CO[SiH](Cl)OC. The second-order valence-electron chi connectivity index (χ2n) is 3.20. The highest BCUT2D eigenvalue weighted by Crippen LogP contribution is 2.04. The first-order chi connectivity index (χ1) is 7.22. The molecule has 0 amide bonds. The molecule has 0 aliphatic rings. The lowest BCUT2D eigenvalue weighted by atomic mass is 10.1. The summed E-state index contributed by atoms with van der Waals surface area (Å²) in [6, 6.07) is 0. The molecule has 0 atom stereocenters. The number of hydrogen-bond donors (Lipinski definition) is 0. The molecule has 0 saturated heterocycles. The van der Waals surface area contributed by atoms with Gasteiger partial charge in [-0.3, -0.25) is 4.39 Å². The molecular formula is C10H24ClFO2Si. The molecule has 94 valence electrons. The summed E-state index contributed by atoms with van der Waals surface area (Å²) in [6.07, 6.45) is 6.94. The molecule has 2 nitrogen and oxygen atoms in total. The first-order valence-electron chi connectivity index (χ1n) is 5.48. The summed E-state index contributed by atoms with van der Waals surface area (Å²) in [7, 11) is 1.38. The minimum absolute atomic E-state index is 0.133. The number of hydrogen-bond acceptors (Lipinski definition) is 2. The second-order valence-corrected chi connectivity index (χ2v) is 5.76. The molecule has 0 aromatic heterocycles. The molecule has 15 heavy (non-hydrogen) atoms. The number of unbranched alkanes of at least 4 members (excludes halogenated alkanes) is 5. The average molecular weight is 259 g/mol. The molecular weight excluding hydrogens is 235 g/mol. The van der Waals surface area contributed by atoms with Crippen molar-refractivity contribution >= 4 is 19.7 Å². The van der Waals surface area contributed by atoms with Gasteiger partial charge in [-0.05, 0) is 6.42 Å². The van der Waals surface area contributed by atoms with E-state index in [9.17, 15) is 4.39 Å². The van der Waals surface area contributed by atoms with E-state index in [-0.39, 0.29) is 6.67 Å². The van der Waals surface area contributed by atoms with Crippen molar-refractivity contribution < 1.29 is 13.2 Å². The van der Waals surface area contributed by atoms with E-state index in [0.29, 0.717) is 0 Å². The summed E-state index contributed by atoms with van der Waals surface area (Å²) in [5.74, 6) is 0. The summed E-state index contributed by atoms with van der Waals surface area (Å²) < 4.78 is 20.7. The van der Waals surface area contributed by atoms with Crippen LogP contribution in [0.5, 0.6) is 0 Å². The van der Waals surface area contributed by atoms with E-state index in [0.717, 1.165) is 12.8 Å². The van der Waals surface area contributed by atoms with Gasteiger partial charge < -0.3 is 8.85 Å². The minimum Gasteiger partial charge on any atom is -0.389 e. The van der Waals surface area contributed by atoms with Crippen LogP contribution >= 0.6 is 11.1 Å².